The number of carbonyl (C=O) groups is 2. The Morgan fingerprint density at radius 2 is 1.65 bits per heavy atom. The minimum absolute atomic E-state index is 0.0683. The Labute approximate surface area is 187 Å². The summed E-state index contributed by atoms with van der Waals surface area (Å²) in [6.45, 7) is 0.0683. The van der Waals surface area contributed by atoms with Gasteiger partial charge in [0.1, 0.15) is 18.5 Å². The van der Waals surface area contributed by atoms with Crippen molar-refractivity contribution >= 4 is 28.0 Å². The number of carboxylic acids is 1. The lowest BCUT2D eigenvalue weighted by molar-refractivity contribution is -0.139. The summed E-state index contributed by atoms with van der Waals surface area (Å²) in [5.41, 5.74) is 4.50. The van der Waals surface area contributed by atoms with Crippen LogP contribution in [-0.4, -0.2) is 29.8 Å². The number of amides is 1. The van der Waals surface area contributed by atoms with Gasteiger partial charge in [-0.25, -0.2) is 14.0 Å². The van der Waals surface area contributed by atoms with E-state index < -0.39 is 23.9 Å². The van der Waals surface area contributed by atoms with Crippen molar-refractivity contribution in [2.24, 2.45) is 0 Å². The van der Waals surface area contributed by atoms with Gasteiger partial charge in [-0.3, -0.25) is 0 Å². The third kappa shape index (κ3) is 4.46. The van der Waals surface area contributed by atoms with Crippen molar-refractivity contribution in [2.45, 2.75) is 18.4 Å². The summed E-state index contributed by atoms with van der Waals surface area (Å²) in [5, 5.41) is 11.8. The second kappa shape index (κ2) is 8.89. The standard InChI is InChI=1S/C24H19BrFNO4/c25-15-10-9-14(21(26)12-15)11-22(23(28)29)27-24(30)31-13-20-18-7-3-1-5-16(18)17-6-2-4-8-19(17)20/h1-10,12,20,22H,11,13H2,(H,27,30)(H,28,29). The first-order valence-corrected chi connectivity index (χ1v) is 10.5. The van der Waals surface area contributed by atoms with Gasteiger partial charge in [0.05, 0.1) is 0 Å². The molecule has 158 valence electrons. The summed E-state index contributed by atoms with van der Waals surface area (Å²) in [6.07, 6.45) is -1.05. The minimum Gasteiger partial charge on any atom is -0.480 e. The van der Waals surface area contributed by atoms with Crippen molar-refractivity contribution in [3.05, 3.63) is 93.7 Å². The molecule has 0 saturated carbocycles. The second-order valence-corrected chi connectivity index (χ2v) is 8.22. The summed E-state index contributed by atoms with van der Waals surface area (Å²) in [7, 11) is 0. The van der Waals surface area contributed by atoms with E-state index in [2.05, 4.69) is 21.2 Å². The van der Waals surface area contributed by atoms with Crippen molar-refractivity contribution in [2.75, 3.05) is 6.61 Å². The van der Waals surface area contributed by atoms with Crippen LogP contribution in [0.2, 0.25) is 0 Å². The molecule has 1 aliphatic rings. The molecule has 5 nitrogen and oxygen atoms in total. The maximum absolute atomic E-state index is 14.1. The van der Waals surface area contributed by atoms with E-state index in [4.69, 9.17) is 4.74 Å². The normalized spacial score (nSPS) is 13.2. The van der Waals surface area contributed by atoms with Crippen LogP contribution in [0.4, 0.5) is 9.18 Å². The fourth-order valence-corrected chi connectivity index (χ4v) is 4.22. The smallest absolute Gasteiger partial charge is 0.407 e. The monoisotopic (exact) mass is 483 g/mol. The number of fused-ring (bicyclic) bond motifs is 3. The molecule has 31 heavy (non-hydrogen) atoms. The topological polar surface area (TPSA) is 75.6 Å². The summed E-state index contributed by atoms with van der Waals surface area (Å²) in [4.78, 5) is 24.0. The van der Waals surface area contributed by atoms with Gasteiger partial charge in [0.15, 0.2) is 0 Å². The van der Waals surface area contributed by atoms with Crippen LogP contribution >= 0.6 is 15.9 Å². The third-order valence-corrected chi connectivity index (χ3v) is 5.87. The number of hydrogen-bond donors (Lipinski definition) is 2. The molecule has 3 aromatic rings. The molecule has 4 rings (SSSR count). The molecule has 0 bridgehead atoms. The highest BCUT2D eigenvalue weighted by Gasteiger charge is 2.30. The van der Waals surface area contributed by atoms with Crippen LogP contribution in [0.15, 0.2) is 71.2 Å². The van der Waals surface area contributed by atoms with E-state index in [9.17, 15) is 19.1 Å². The van der Waals surface area contributed by atoms with Crippen molar-refractivity contribution in [1.82, 2.24) is 5.32 Å². The lowest BCUT2D eigenvalue weighted by Crippen LogP contribution is -2.43. The van der Waals surface area contributed by atoms with Crippen LogP contribution in [0.1, 0.15) is 22.6 Å². The summed E-state index contributed by atoms with van der Waals surface area (Å²) in [6, 6.07) is 18.9. The molecule has 0 heterocycles. The van der Waals surface area contributed by atoms with E-state index in [-0.39, 0.29) is 24.5 Å². The van der Waals surface area contributed by atoms with Crippen molar-refractivity contribution in [3.63, 3.8) is 0 Å². The lowest BCUT2D eigenvalue weighted by Gasteiger charge is -2.18. The van der Waals surface area contributed by atoms with E-state index >= 15 is 0 Å². The Morgan fingerprint density at radius 1 is 1.03 bits per heavy atom. The molecule has 1 aliphatic carbocycles. The zero-order valence-corrected chi connectivity index (χ0v) is 17.9. The van der Waals surface area contributed by atoms with Crippen LogP contribution in [0.25, 0.3) is 11.1 Å². The first-order chi connectivity index (χ1) is 14.9. The second-order valence-electron chi connectivity index (χ2n) is 7.30. The van der Waals surface area contributed by atoms with E-state index in [0.717, 1.165) is 22.3 Å². The highest BCUT2D eigenvalue weighted by Crippen LogP contribution is 2.44. The molecular formula is C24H19BrFNO4. The maximum atomic E-state index is 14.1. The van der Waals surface area contributed by atoms with Crippen LogP contribution in [0.5, 0.6) is 0 Å². The number of halogens is 2. The average Bonchev–Trinajstić information content (AvgIpc) is 3.07. The number of hydrogen-bond acceptors (Lipinski definition) is 3. The molecule has 0 spiro atoms. The predicted octanol–water partition coefficient (Wildman–Crippen LogP) is 5.12. The number of ether oxygens (including phenoxy) is 1. The molecule has 1 unspecified atom stereocenters. The number of alkyl carbamates (subject to hydrolysis) is 1. The molecule has 0 aromatic heterocycles. The quantitative estimate of drug-likeness (QED) is 0.509. The lowest BCUT2D eigenvalue weighted by atomic mass is 9.98. The zero-order valence-electron chi connectivity index (χ0n) is 16.3. The Balaban J connectivity index is 1.44. The van der Waals surface area contributed by atoms with Crippen LogP contribution < -0.4 is 5.32 Å². The molecular weight excluding hydrogens is 465 g/mol. The SMILES string of the molecule is O=C(NC(Cc1ccc(Br)cc1F)C(=O)O)OCC1c2ccccc2-c2ccccc21. The molecule has 3 aromatic carbocycles. The van der Waals surface area contributed by atoms with Crippen molar-refractivity contribution in [3.8, 4) is 11.1 Å². The summed E-state index contributed by atoms with van der Waals surface area (Å²) < 4.78 is 20.0. The van der Waals surface area contributed by atoms with Gasteiger partial charge in [0, 0.05) is 16.8 Å². The Kier molecular flexibility index (Phi) is 6.04. The molecule has 7 heteroatoms. The number of nitrogens with one attached hydrogen (secondary N) is 1. The molecule has 0 saturated heterocycles. The number of rotatable bonds is 6. The number of aliphatic carboxylic acids is 1. The number of benzene rings is 3. The largest absolute Gasteiger partial charge is 0.480 e. The average molecular weight is 484 g/mol. The van der Waals surface area contributed by atoms with Gasteiger partial charge < -0.3 is 15.2 Å². The van der Waals surface area contributed by atoms with E-state index in [1.165, 1.54) is 12.1 Å². The number of carboxylic acid groups (broad SMARTS) is 1. The fourth-order valence-electron chi connectivity index (χ4n) is 3.89. The molecule has 1 amide bonds. The fraction of sp³-hybridized carbons (Fsp3) is 0.167. The Hall–Kier alpha value is -3.19. The van der Waals surface area contributed by atoms with E-state index in [1.54, 1.807) is 6.07 Å². The van der Waals surface area contributed by atoms with E-state index in [1.807, 2.05) is 48.5 Å². The Morgan fingerprint density at radius 3 is 2.23 bits per heavy atom. The molecule has 0 fully saturated rings. The van der Waals surface area contributed by atoms with Crippen molar-refractivity contribution < 1.29 is 23.8 Å². The predicted molar refractivity (Wildman–Crippen MR) is 117 cm³/mol. The van der Waals surface area contributed by atoms with Gasteiger partial charge in [-0.1, -0.05) is 70.5 Å². The molecule has 0 aliphatic heterocycles. The first-order valence-electron chi connectivity index (χ1n) is 9.72. The van der Waals surface area contributed by atoms with Gasteiger partial charge in [0.2, 0.25) is 0 Å². The van der Waals surface area contributed by atoms with Crippen LogP contribution in [0, 0.1) is 5.82 Å². The molecule has 1 atom stereocenters. The zero-order chi connectivity index (χ0) is 22.0. The summed E-state index contributed by atoms with van der Waals surface area (Å²) >= 11 is 3.16. The van der Waals surface area contributed by atoms with Gasteiger partial charge in [-0.15, -0.1) is 0 Å². The third-order valence-electron chi connectivity index (χ3n) is 5.37. The maximum Gasteiger partial charge on any atom is 0.407 e. The summed E-state index contributed by atoms with van der Waals surface area (Å²) in [5.74, 6) is -1.95. The highest BCUT2D eigenvalue weighted by molar-refractivity contribution is 9.10. The van der Waals surface area contributed by atoms with Gasteiger partial charge in [-0.2, -0.15) is 0 Å². The van der Waals surface area contributed by atoms with Gasteiger partial charge in [0.25, 0.3) is 0 Å². The highest BCUT2D eigenvalue weighted by atomic mass is 79.9. The first kappa shape index (κ1) is 21.1. The Bertz CT molecular complexity index is 1100. The van der Waals surface area contributed by atoms with Crippen LogP contribution in [-0.2, 0) is 16.0 Å². The van der Waals surface area contributed by atoms with E-state index in [0.29, 0.717) is 4.47 Å². The molecule has 2 N–H and O–H groups in total. The van der Waals surface area contributed by atoms with Gasteiger partial charge >= 0.3 is 12.1 Å². The van der Waals surface area contributed by atoms with Gasteiger partial charge in [-0.05, 0) is 39.9 Å². The number of carbonyl (C=O) groups excluding carboxylic acids is 1. The van der Waals surface area contributed by atoms with Crippen LogP contribution in [0.3, 0.4) is 0 Å². The minimum atomic E-state index is -1.31. The molecule has 0 radical (unpaired) electrons. The van der Waals surface area contributed by atoms with Crippen molar-refractivity contribution in [1.29, 1.82) is 0 Å².